The highest BCUT2D eigenvalue weighted by Gasteiger charge is 2.12. The lowest BCUT2D eigenvalue weighted by atomic mass is 10.1. The largest absolute Gasteiger partial charge is 0.478 e. The molecule has 1 heterocycles. The molecule has 1 unspecified atom stereocenters. The Balaban J connectivity index is 2.22. The Morgan fingerprint density at radius 2 is 2.26 bits per heavy atom. The first-order chi connectivity index (χ1) is 8.97. The summed E-state index contributed by atoms with van der Waals surface area (Å²) in [5.74, 6) is -1.57. The second kappa shape index (κ2) is 5.09. The Labute approximate surface area is 109 Å². The first kappa shape index (κ1) is 13.1. The summed E-state index contributed by atoms with van der Waals surface area (Å²) in [7, 11) is 1.79. The molecule has 0 saturated carbocycles. The fourth-order valence-corrected chi connectivity index (χ4v) is 1.75. The molecule has 0 spiro atoms. The van der Waals surface area contributed by atoms with Crippen LogP contribution in [0, 0.1) is 5.82 Å². The van der Waals surface area contributed by atoms with Crippen LogP contribution in [0.25, 0.3) is 0 Å². The molecule has 2 aromatic rings. The Morgan fingerprint density at radius 3 is 2.84 bits per heavy atom. The number of halogens is 1. The molecule has 0 radical (unpaired) electrons. The van der Waals surface area contributed by atoms with Gasteiger partial charge >= 0.3 is 5.97 Å². The number of aromatic carboxylic acids is 1. The van der Waals surface area contributed by atoms with E-state index in [1.807, 2.05) is 13.1 Å². The number of carbonyl (C=O) groups is 1. The van der Waals surface area contributed by atoms with Crippen molar-refractivity contribution in [2.45, 2.75) is 13.0 Å². The minimum Gasteiger partial charge on any atom is -0.478 e. The van der Waals surface area contributed by atoms with Crippen LogP contribution in [0.4, 0.5) is 10.1 Å². The van der Waals surface area contributed by atoms with Crippen LogP contribution in [0.5, 0.6) is 0 Å². The van der Waals surface area contributed by atoms with E-state index in [1.165, 1.54) is 12.1 Å². The minimum absolute atomic E-state index is 0.0438. The summed E-state index contributed by atoms with van der Waals surface area (Å²) < 4.78 is 15.3. The van der Waals surface area contributed by atoms with Gasteiger partial charge in [0.2, 0.25) is 0 Å². The first-order valence-corrected chi connectivity index (χ1v) is 5.75. The van der Waals surface area contributed by atoms with E-state index in [0.717, 1.165) is 11.6 Å². The summed E-state index contributed by atoms with van der Waals surface area (Å²) in [5, 5.41) is 15.9. The Kier molecular flexibility index (Phi) is 3.50. The summed E-state index contributed by atoms with van der Waals surface area (Å²) in [4.78, 5) is 10.9. The molecule has 1 aromatic carbocycles. The third kappa shape index (κ3) is 2.90. The molecule has 0 aliphatic rings. The van der Waals surface area contributed by atoms with Crippen molar-refractivity contribution in [1.82, 2.24) is 9.78 Å². The van der Waals surface area contributed by atoms with Crippen molar-refractivity contribution in [3.8, 4) is 0 Å². The standard InChI is InChI=1S/C13H14FN3O2/c1-8(10-6-15-17(2)7-10)16-12-5-9(13(18)19)3-4-11(12)14/h3-8,16H,1-2H3,(H,18,19). The van der Waals surface area contributed by atoms with Crippen LogP contribution in [0.3, 0.4) is 0 Å². The highest BCUT2D eigenvalue weighted by atomic mass is 19.1. The molecular formula is C13H14FN3O2. The van der Waals surface area contributed by atoms with Gasteiger partial charge in [0.05, 0.1) is 23.5 Å². The SMILES string of the molecule is CC(Nc1cc(C(=O)O)ccc1F)c1cnn(C)c1. The number of hydrogen-bond acceptors (Lipinski definition) is 3. The molecule has 0 saturated heterocycles. The molecule has 2 N–H and O–H groups in total. The summed E-state index contributed by atoms with van der Waals surface area (Å²) in [6.07, 6.45) is 3.49. The molecule has 2 rings (SSSR count). The number of aromatic nitrogens is 2. The van der Waals surface area contributed by atoms with Gasteiger partial charge in [-0.1, -0.05) is 0 Å². The minimum atomic E-state index is -1.09. The number of nitrogens with one attached hydrogen (secondary N) is 1. The van der Waals surface area contributed by atoms with Gasteiger partial charge in [-0.25, -0.2) is 9.18 Å². The maximum atomic E-state index is 13.6. The molecule has 0 fully saturated rings. The quantitative estimate of drug-likeness (QED) is 0.889. The number of nitrogens with zero attached hydrogens (tertiary/aromatic N) is 2. The van der Waals surface area contributed by atoms with Crippen LogP contribution in [0.15, 0.2) is 30.6 Å². The highest BCUT2D eigenvalue weighted by Crippen LogP contribution is 2.22. The van der Waals surface area contributed by atoms with E-state index in [-0.39, 0.29) is 17.3 Å². The Bertz CT molecular complexity index is 610. The van der Waals surface area contributed by atoms with Gasteiger partial charge in [-0.3, -0.25) is 4.68 Å². The van der Waals surface area contributed by atoms with Gasteiger partial charge in [0.15, 0.2) is 0 Å². The number of hydrogen-bond donors (Lipinski definition) is 2. The fourth-order valence-electron chi connectivity index (χ4n) is 1.75. The van der Waals surface area contributed by atoms with E-state index in [9.17, 15) is 9.18 Å². The van der Waals surface area contributed by atoms with Crippen molar-refractivity contribution in [2.24, 2.45) is 7.05 Å². The van der Waals surface area contributed by atoms with Gasteiger partial charge in [0.25, 0.3) is 0 Å². The lowest BCUT2D eigenvalue weighted by molar-refractivity contribution is 0.0697. The van der Waals surface area contributed by atoms with Crippen molar-refractivity contribution >= 4 is 11.7 Å². The summed E-state index contributed by atoms with van der Waals surface area (Å²) >= 11 is 0. The van der Waals surface area contributed by atoms with Crippen LogP contribution < -0.4 is 5.32 Å². The predicted molar refractivity (Wildman–Crippen MR) is 68.6 cm³/mol. The molecule has 1 aromatic heterocycles. The molecule has 0 bridgehead atoms. The van der Waals surface area contributed by atoms with Gasteiger partial charge in [-0.15, -0.1) is 0 Å². The summed E-state index contributed by atoms with van der Waals surface area (Å²) in [6, 6.07) is 3.48. The first-order valence-electron chi connectivity index (χ1n) is 5.75. The topological polar surface area (TPSA) is 67.2 Å². The number of anilines is 1. The maximum Gasteiger partial charge on any atom is 0.335 e. The van der Waals surface area contributed by atoms with Gasteiger partial charge < -0.3 is 10.4 Å². The van der Waals surface area contributed by atoms with Gasteiger partial charge in [0, 0.05) is 18.8 Å². The molecule has 19 heavy (non-hydrogen) atoms. The Hall–Kier alpha value is -2.37. The van der Waals surface area contributed by atoms with E-state index in [0.29, 0.717) is 0 Å². The molecule has 1 atom stereocenters. The molecule has 100 valence electrons. The van der Waals surface area contributed by atoms with Crippen LogP contribution >= 0.6 is 0 Å². The van der Waals surface area contributed by atoms with E-state index >= 15 is 0 Å². The van der Waals surface area contributed by atoms with Crippen molar-refractivity contribution in [2.75, 3.05) is 5.32 Å². The average Bonchev–Trinajstić information content (AvgIpc) is 2.78. The van der Waals surface area contributed by atoms with Crippen LogP contribution in [0.1, 0.15) is 28.9 Å². The zero-order valence-corrected chi connectivity index (χ0v) is 10.6. The lowest BCUT2D eigenvalue weighted by Gasteiger charge is -2.14. The highest BCUT2D eigenvalue weighted by molar-refractivity contribution is 5.88. The van der Waals surface area contributed by atoms with E-state index < -0.39 is 11.8 Å². The smallest absolute Gasteiger partial charge is 0.335 e. The zero-order valence-electron chi connectivity index (χ0n) is 10.6. The average molecular weight is 263 g/mol. The monoisotopic (exact) mass is 263 g/mol. The summed E-state index contributed by atoms with van der Waals surface area (Å²) in [5.41, 5.74) is 1.10. The van der Waals surface area contributed by atoms with Crippen LogP contribution in [-0.4, -0.2) is 20.9 Å². The zero-order chi connectivity index (χ0) is 14.0. The van der Waals surface area contributed by atoms with Gasteiger partial charge in [-0.05, 0) is 25.1 Å². The van der Waals surface area contributed by atoms with Gasteiger partial charge in [-0.2, -0.15) is 5.10 Å². The van der Waals surface area contributed by atoms with E-state index in [1.54, 1.807) is 17.9 Å². The van der Waals surface area contributed by atoms with Crippen molar-refractivity contribution in [1.29, 1.82) is 0 Å². The number of carboxylic acids is 1. The number of benzene rings is 1. The summed E-state index contributed by atoms with van der Waals surface area (Å²) in [6.45, 7) is 1.85. The molecule has 0 amide bonds. The van der Waals surface area contributed by atoms with Crippen molar-refractivity contribution in [3.05, 3.63) is 47.5 Å². The van der Waals surface area contributed by atoms with Crippen molar-refractivity contribution in [3.63, 3.8) is 0 Å². The predicted octanol–water partition coefficient (Wildman–Crippen LogP) is 2.43. The fraction of sp³-hybridized carbons (Fsp3) is 0.231. The second-order valence-electron chi connectivity index (χ2n) is 4.31. The third-order valence-corrected chi connectivity index (χ3v) is 2.81. The second-order valence-corrected chi connectivity index (χ2v) is 4.31. The van der Waals surface area contributed by atoms with Gasteiger partial charge in [0.1, 0.15) is 5.82 Å². The third-order valence-electron chi connectivity index (χ3n) is 2.81. The van der Waals surface area contributed by atoms with Crippen LogP contribution in [-0.2, 0) is 7.05 Å². The molecule has 0 aliphatic carbocycles. The normalized spacial score (nSPS) is 12.2. The lowest BCUT2D eigenvalue weighted by Crippen LogP contribution is -2.08. The van der Waals surface area contributed by atoms with E-state index in [2.05, 4.69) is 10.4 Å². The number of rotatable bonds is 4. The molecule has 6 heteroatoms. The molecular weight excluding hydrogens is 249 g/mol. The van der Waals surface area contributed by atoms with Crippen molar-refractivity contribution < 1.29 is 14.3 Å². The number of aryl methyl sites for hydroxylation is 1. The molecule has 0 aliphatic heterocycles. The maximum absolute atomic E-state index is 13.6. The Morgan fingerprint density at radius 1 is 1.53 bits per heavy atom. The van der Waals surface area contributed by atoms with Crippen LogP contribution in [0.2, 0.25) is 0 Å². The molecule has 5 nitrogen and oxygen atoms in total. The van der Waals surface area contributed by atoms with E-state index in [4.69, 9.17) is 5.11 Å². The number of carboxylic acid groups (broad SMARTS) is 1.